The fraction of sp³-hybridized carbons (Fsp3) is 0.0769. The van der Waals surface area contributed by atoms with Crippen molar-refractivity contribution in [3.05, 3.63) is 64.4 Å². The molecule has 0 aliphatic carbocycles. The summed E-state index contributed by atoms with van der Waals surface area (Å²) in [7, 11) is 0. The van der Waals surface area contributed by atoms with Gasteiger partial charge in [-0.05, 0) is 42.0 Å². The SMILES string of the molecule is Fc1ccc(NCc2cccc(Br)c2)cc1. The maximum Gasteiger partial charge on any atom is 0.123 e. The molecule has 0 heterocycles. The van der Waals surface area contributed by atoms with E-state index < -0.39 is 0 Å². The van der Waals surface area contributed by atoms with Gasteiger partial charge in [-0.25, -0.2) is 4.39 Å². The summed E-state index contributed by atoms with van der Waals surface area (Å²) in [5.41, 5.74) is 2.10. The largest absolute Gasteiger partial charge is 0.381 e. The average molecular weight is 280 g/mol. The summed E-state index contributed by atoms with van der Waals surface area (Å²) in [5.74, 6) is -0.215. The Morgan fingerprint density at radius 3 is 2.50 bits per heavy atom. The first-order valence-electron chi connectivity index (χ1n) is 4.98. The highest BCUT2D eigenvalue weighted by Crippen LogP contribution is 2.14. The minimum atomic E-state index is -0.215. The first-order valence-corrected chi connectivity index (χ1v) is 5.77. The van der Waals surface area contributed by atoms with Gasteiger partial charge in [0.15, 0.2) is 0 Å². The zero-order chi connectivity index (χ0) is 11.4. The minimum absolute atomic E-state index is 0.215. The Labute approximate surface area is 102 Å². The Hall–Kier alpha value is -1.35. The molecule has 0 aliphatic heterocycles. The van der Waals surface area contributed by atoms with Crippen molar-refractivity contribution in [3.63, 3.8) is 0 Å². The van der Waals surface area contributed by atoms with Gasteiger partial charge in [0, 0.05) is 16.7 Å². The molecule has 0 fully saturated rings. The smallest absolute Gasteiger partial charge is 0.123 e. The predicted molar refractivity (Wildman–Crippen MR) is 67.9 cm³/mol. The normalized spacial score (nSPS) is 10.1. The van der Waals surface area contributed by atoms with Gasteiger partial charge < -0.3 is 5.32 Å². The second-order valence-electron chi connectivity index (χ2n) is 3.49. The number of hydrogen-bond acceptors (Lipinski definition) is 1. The molecule has 82 valence electrons. The fourth-order valence-corrected chi connectivity index (χ4v) is 1.87. The van der Waals surface area contributed by atoms with Crippen LogP contribution in [0.25, 0.3) is 0 Å². The van der Waals surface area contributed by atoms with Crippen molar-refractivity contribution in [2.75, 3.05) is 5.32 Å². The van der Waals surface area contributed by atoms with Gasteiger partial charge in [0.25, 0.3) is 0 Å². The van der Waals surface area contributed by atoms with E-state index in [9.17, 15) is 4.39 Å². The molecule has 16 heavy (non-hydrogen) atoms. The molecule has 0 atom stereocenters. The lowest BCUT2D eigenvalue weighted by atomic mass is 10.2. The van der Waals surface area contributed by atoms with E-state index in [4.69, 9.17) is 0 Å². The topological polar surface area (TPSA) is 12.0 Å². The van der Waals surface area contributed by atoms with Gasteiger partial charge in [0.2, 0.25) is 0 Å². The first-order chi connectivity index (χ1) is 7.74. The lowest BCUT2D eigenvalue weighted by molar-refractivity contribution is 0.628. The molecule has 1 nitrogen and oxygen atoms in total. The van der Waals surface area contributed by atoms with Crippen LogP contribution in [0.5, 0.6) is 0 Å². The summed E-state index contributed by atoms with van der Waals surface area (Å²) in [6.07, 6.45) is 0. The van der Waals surface area contributed by atoms with Crippen molar-refractivity contribution in [2.24, 2.45) is 0 Å². The molecule has 0 saturated heterocycles. The van der Waals surface area contributed by atoms with Crippen LogP contribution in [0, 0.1) is 5.82 Å². The third kappa shape index (κ3) is 3.07. The van der Waals surface area contributed by atoms with Crippen LogP contribution >= 0.6 is 15.9 Å². The third-order valence-corrected chi connectivity index (χ3v) is 2.72. The lowest BCUT2D eigenvalue weighted by Gasteiger charge is -2.06. The quantitative estimate of drug-likeness (QED) is 0.888. The van der Waals surface area contributed by atoms with E-state index in [1.807, 2.05) is 18.2 Å². The van der Waals surface area contributed by atoms with Crippen molar-refractivity contribution < 1.29 is 4.39 Å². The Balaban J connectivity index is 1.99. The first kappa shape index (κ1) is 11.1. The van der Waals surface area contributed by atoms with Crippen molar-refractivity contribution in [1.29, 1.82) is 0 Å². The summed E-state index contributed by atoms with van der Waals surface area (Å²) >= 11 is 3.42. The zero-order valence-corrected chi connectivity index (χ0v) is 10.2. The minimum Gasteiger partial charge on any atom is -0.381 e. The molecule has 1 N–H and O–H groups in total. The van der Waals surface area contributed by atoms with Gasteiger partial charge in [0.1, 0.15) is 5.82 Å². The number of benzene rings is 2. The predicted octanol–water partition coefficient (Wildman–Crippen LogP) is 4.20. The number of nitrogens with one attached hydrogen (secondary N) is 1. The van der Waals surface area contributed by atoms with Gasteiger partial charge >= 0.3 is 0 Å². The molecule has 3 heteroatoms. The number of halogens is 2. The molecule has 2 aromatic rings. The molecule has 0 aliphatic rings. The Bertz CT molecular complexity index is 468. The maximum atomic E-state index is 12.7. The molecule has 2 rings (SSSR count). The molecule has 0 amide bonds. The third-order valence-electron chi connectivity index (χ3n) is 2.23. The van der Waals surface area contributed by atoms with Gasteiger partial charge in [-0.2, -0.15) is 0 Å². The van der Waals surface area contributed by atoms with E-state index in [1.165, 1.54) is 17.7 Å². The Morgan fingerprint density at radius 1 is 1.06 bits per heavy atom. The molecule has 0 radical (unpaired) electrons. The Morgan fingerprint density at radius 2 is 1.81 bits per heavy atom. The summed E-state index contributed by atoms with van der Waals surface area (Å²) < 4.78 is 13.7. The molecule has 0 aromatic heterocycles. The second kappa shape index (κ2) is 5.12. The monoisotopic (exact) mass is 279 g/mol. The molecule has 2 aromatic carbocycles. The van der Waals surface area contributed by atoms with E-state index >= 15 is 0 Å². The average Bonchev–Trinajstić information content (AvgIpc) is 2.28. The van der Waals surface area contributed by atoms with E-state index in [0.717, 1.165) is 16.7 Å². The van der Waals surface area contributed by atoms with Crippen LogP contribution in [0.2, 0.25) is 0 Å². The van der Waals surface area contributed by atoms with Crippen molar-refractivity contribution in [3.8, 4) is 0 Å². The van der Waals surface area contributed by atoms with E-state index in [2.05, 4.69) is 27.3 Å². The van der Waals surface area contributed by atoms with Crippen molar-refractivity contribution >= 4 is 21.6 Å². The van der Waals surface area contributed by atoms with Crippen LogP contribution in [0.4, 0.5) is 10.1 Å². The highest BCUT2D eigenvalue weighted by atomic mass is 79.9. The van der Waals surface area contributed by atoms with Crippen LogP contribution < -0.4 is 5.32 Å². The van der Waals surface area contributed by atoms with Gasteiger partial charge in [-0.15, -0.1) is 0 Å². The van der Waals surface area contributed by atoms with Gasteiger partial charge in [0.05, 0.1) is 0 Å². The van der Waals surface area contributed by atoms with E-state index in [1.54, 1.807) is 12.1 Å². The van der Waals surface area contributed by atoms with Gasteiger partial charge in [-0.1, -0.05) is 28.1 Å². The number of rotatable bonds is 3. The van der Waals surface area contributed by atoms with E-state index in [-0.39, 0.29) is 5.82 Å². The Kier molecular flexibility index (Phi) is 3.57. The fourth-order valence-electron chi connectivity index (χ4n) is 1.42. The van der Waals surface area contributed by atoms with Crippen LogP contribution in [0.1, 0.15) is 5.56 Å². The number of hydrogen-bond donors (Lipinski definition) is 1. The summed E-state index contributed by atoms with van der Waals surface area (Å²) in [6.45, 7) is 0.727. The van der Waals surface area contributed by atoms with Crippen LogP contribution in [0.15, 0.2) is 53.0 Å². The molecular weight excluding hydrogens is 269 g/mol. The molecule has 0 spiro atoms. The zero-order valence-electron chi connectivity index (χ0n) is 8.58. The van der Waals surface area contributed by atoms with Gasteiger partial charge in [-0.3, -0.25) is 0 Å². The summed E-state index contributed by atoms with van der Waals surface area (Å²) in [4.78, 5) is 0. The highest BCUT2D eigenvalue weighted by molar-refractivity contribution is 9.10. The summed E-state index contributed by atoms with van der Waals surface area (Å²) in [5, 5.41) is 3.23. The highest BCUT2D eigenvalue weighted by Gasteiger charge is 1.95. The molecule has 0 bridgehead atoms. The maximum absolute atomic E-state index is 12.7. The van der Waals surface area contributed by atoms with E-state index in [0.29, 0.717) is 0 Å². The van der Waals surface area contributed by atoms with Crippen molar-refractivity contribution in [1.82, 2.24) is 0 Å². The number of anilines is 1. The van der Waals surface area contributed by atoms with Crippen LogP contribution in [0.3, 0.4) is 0 Å². The van der Waals surface area contributed by atoms with Crippen molar-refractivity contribution in [2.45, 2.75) is 6.54 Å². The van der Waals surface area contributed by atoms with Crippen LogP contribution in [-0.2, 0) is 6.54 Å². The molecular formula is C13H11BrFN. The standard InChI is InChI=1S/C13H11BrFN/c14-11-3-1-2-10(8-11)9-16-13-6-4-12(15)5-7-13/h1-8,16H,9H2. The van der Waals surface area contributed by atoms with Crippen LogP contribution in [-0.4, -0.2) is 0 Å². The summed E-state index contributed by atoms with van der Waals surface area (Å²) in [6, 6.07) is 14.4. The second-order valence-corrected chi connectivity index (χ2v) is 4.41. The molecule has 0 unspecified atom stereocenters. The molecule has 0 saturated carbocycles. The lowest BCUT2D eigenvalue weighted by Crippen LogP contribution is -1.98.